The number of methoxy groups -OCH3 is 1. The van der Waals surface area contributed by atoms with E-state index in [1.807, 2.05) is 0 Å². The summed E-state index contributed by atoms with van der Waals surface area (Å²) in [6, 6.07) is 0.434. The van der Waals surface area contributed by atoms with E-state index in [1.165, 1.54) is 5.70 Å². The van der Waals surface area contributed by atoms with E-state index in [-0.39, 0.29) is 5.04 Å². The lowest BCUT2D eigenvalue weighted by Crippen LogP contribution is -2.41. The maximum Gasteiger partial charge on any atom is 0.191 e. The Balaban J connectivity index is 2.60. The highest BCUT2D eigenvalue weighted by atomic mass is 28.4. The number of hydrogen-bond donors (Lipinski definition) is 2. The molecule has 0 aromatic heterocycles. The summed E-state index contributed by atoms with van der Waals surface area (Å²) in [6.45, 7) is 20.2. The fraction of sp³-hybridized carbons (Fsp3) is 0.810. The highest BCUT2D eigenvalue weighted by Crippen LogP contribution is 2.37. The summed E-state index contributed by atoms with van der Waals surface area (Å²) in [5.41, 5.74) is 2.95. The van der Waals surface area contributed by atoms with Crippen molar-refractivity contribution in [1.82, 2.24) is 10.2 Å². The smallest absolute Gasteiger partial charge is 0.191 e. The number of aliphatic imine (C=N–C) groups is 1. The van der Waals surface area contributed by atoms with Crippen LogP contribution >= 0.6 is 0 Å². The van der Waals surface area contributed by atoms with Gasteiger partial charge in [-0.25, -0.2) is 4.99 Å². The van der Waals surface area contributed by atoms with Crippen LogP contribution in [0.4, 0.5) is 0 Å². The Morgan fingerprint density at radius 1 is 1.32 bits per heavy atom. The third-order valence-electron chi connectivity index (χ3n) is 6.15. The number of nitrogens with one attached hydrogen (secondary N) is 2. The van der Waals surface area contributed by atoms with E-state index in [4.69, 9.17) is 14.6 Å². The van der Waals surface area contributed by atoms with Gasteiger partial charge in [-0.15, -0.1) is 0 Å². The fourth-order valence-electron chi connectivity index (χ4n) is 3.07. The summed E-state index contributed by atoms with van der Waals surface area (Å²) in [4.78, 5) is 6.54. The maximum atomic E-state index is 7.27. The molecule has 28 heavy (non-hydrogen) atoms. The van der Waals surface area contributed by atoms with Crippen molar-refractivity contribution in [2.24, 2.45) is 10.9 Å². The minimum absolute atomic E-state index is 0.261. The first-order valence-electron chi connectivity index (χ1n) is 10.3. The predicted molar refractivity (Wildman–Crippen MR) is 122 cm³/mol. The first kappa shape index (κ1) is 24.9. The molecule has 1 rings (SSSR count). The van der Waals surface area contributed by atoms with Crippen molar-refractivity contribution in [1.29, 1.82) is 5.41 Å². The molecule has 0 fully saturated rings. The van der Waals surface area contributed by atoms with Gasteiger partial charge in [0.25, 0.3) is 0 Å². The Morgan fingerprint density at radius 3 is 2.50 bits per heavy atom. The van der Waals surface area contributed by atoms with Crippen molar-refractivity contribution in [2.45, 2.75) is 78.6 Å². The molecule has 162 valence electrons. The van der Waals surface area contributed by atoms with E-state index < -0.39 is 8.32 Å². The van der Waals surface area contributed by atoms with Gasteiger partial charge in [-0.2, -0.15) is 0 Å². The molecule has 1 unspecified atom stereocenters. The second kappa shape index (κ2) is 10.6. The zero-order valence-corrected chi connectivity index (χ0v) is 20.5. The number of nitrogens with zero attached hydrogens (tertiary/aromatic N) is 2. The molecular weight excluding hydrogens is 368 g/mol. The van der Waals surface area contributed by atoms with Gasteiger partial charge in [-0.3, -0.25) is 5.41 Å². The Bertz CT molecular complexity index is 581. The SMILES string of the molecule is COC/C(=N/C=N)C1=C(C)N(C(C)CC[C@H](C)CO[Si](C)(C)C(C)(C)C)CN1. The van der Waals surface area contributed by atoms with Crippen molar-refractivity contribution in [3.63, 3.8) is 0 Å². The van der Waals surface area contributed by atoms with Crippen LogP contribution in [0, 0.1) is 11.3 Å². The van der Waals surface area contributed by atoms with E-state index in [0.717, 1.165) is 43.9 Å². The molecule has 2 atom stereocenters. The fourth-order valence-corrected chi connectivity index (χ4v) is 4.21. The molecule has 0 aliphatic carbocycles. The lowest BCUT2D eigenvalue weighted by molar-refractivity contribution is 0.208. The number of rotatable bonds is 11. The monoisotopic (exact) mass is 410 g/mol. The summed E-state index contributed by atoms with van der Waals surface area (Å²) in [7, 11) is -0.0185. The Hall–Kier alpha value is -1.18. The minimum Gasteiger partial charge on any atom is -0.417 e. The van der Waals surface area contributed by atoms with E-state index in [9.17, 15) is 0 Å². The molecular formula is C21H42N4O2Si. The molecule has 0 aromatic carbocycles. The van der Waals surface area contributed by atoms with Crippen molar-refractivity contribution in [2.75, 3.05) is 27.0 Å². The van der Waals surface area contributed by atoms with Gasteiger partial charge in [0, 0.05) is 25.5 Å². The van der Waals surface area contributed by atoms with Crippen molar-refractivity contribution in [3.8, 4) is 0 Å². The van der Waals surface area contributed by atoms with Gasteiger partial charge in [0.05, 0.1) is 24.7 Å². The molecule has 2 N–H and O–H groups in total. The van der Waals surface area contributed by atoms with Crippen molar-refractivity contribution >= 4 is 20.4 Å². The summed E-state index contributed by atoms with van der Waals surface area (Å²) in [6.07, 6.45) is 3.34. The van der Waals surface area contributed by atoms with Crippen LogP contribution in [0.3, 0.4) is 0 Å². The third kappa shape index (κ3) is 6.71. The van der Waals surface area contributed by atoms with E-state index in [0.29, 0.717) is 18.6 Å². The second-order valence-electron chi connectivity index (χ2n) is 9.51. The Labute approximate surface area is 173 Å². The van der Waals surface area contributed by atoms with Crippen LogP contribution in [-0.4, -0.2) is 58.3 Å². The van der Waals surface area contributed by atoms with Crippen LogP contribution in [-0.2, 0) is 9.16 Å². The quantitative estimate of drug-likeness (QED) is 0.297. The average Bonchev–Trinajstić information content (AvgIpc) is 2.98. The van der Waals surface area contributed by atoms with E-state index in [1.54, 1.807) is 7.11 Å². The molecule has 0 saturated heterocycles. The molecule has 1 heterocycles. The molecule has 1 aliphatic rings. The Kier molecular flexibility index (Phi) is 9.37. The Morgan fingerprint density at radius 2 is 1.96 bits per heavy atom. The van der Waals surface area contributed by atoms with Gasteiger partial charge in [0.2, 0.25) is 0 Å². The zero-order chi connectivity index (χ0) is 21.5. The normalized spacial score (nSPS) is 18.3. The van der Waals surface area contributed by atoms with E-state index >= 15 is 0 Å². The molecule has 0 spiro atoms. The third-order valence-corrected chi connectivity index (χ3v) is 10.7. The molecule has 1 aliphatic heterocycles. The standard InChI is InChI=1S/C21H42N4O2Si/c1-16(12-27-28(8,9)21(4,5)6)10-11-17(2)25-15-24-20(18(25)3)19(13-26-7)23-14-22/h14,16-17,22,24H,10-13,15H2,1-9H3/b22-14?,23-19-/t16-,17?/m0/s1. The molecule has 7 heteroatoms. The summed E-state index contributed by atoms with van der Waals surface area (Å²) in [5, 5.41) is 11.0. The van der Waals surface area contributed by atoms with Crippen LogP contribution in [0.2, 0.25) is 18.1 Å². The van der Waals surface area contributed by atoms with Gasteiger partial charge in [-0.1, -0.05) is 27.7 Å². The lowest BCUT2D eigenvalue weighted by Gasteiger charge is -2.37. The maximum absolute atomic E-state index is 7.27. The molecule has 6 nitrogen and oxygen atoms in total. The molecule has 0 radical (unpaired) electrons. The largest absolute Gasteiger partial charge is 0.417 e. The van der Waals surface area contributed by atoms with Crippen molar-refractivity contribution in [3.05, 3.63) is 11.4 Å². The van der Waals surface area contributed by atoms with Crippen LogP contribution in [0.25, 0.3) is 0 Å². The topological polar surface area (TPSA) is 69.9 Å². The summed E-state index contributed by atoms with van der Waals surface area (Å²) >= 11 is 0. The highest BCUT2D eigenvalue weighted by Gasteiger charge is 2.37. The van der Waals surface area contributed by atoms with Crippen molar-refractivity contribution < 1.29 is 9.16 Å². The van der Waals surface area contributed by atoms with Gasteiger partial charge < -0.3 is 19.4 Å². The van der Waals surface area contributed by atoms with Gasteiger partial charge in [0.1, 0.15) is 6.34 Å². The molecule has 0 aromatic rings. The lowest BCUT2D eigenvalue weighted by atomic mass is 10.0. The highest BCUT2D eigenvalue weighted by molar-refractivity contribution is 6.74. The van der Waals surface area contributed by atoms with Crippen LogP contribution < -0.4 is 5.32 Å². The minimum atomic E-state index is -1.67. The van der Waals surface area contributed by atoms with Crippen LogP contribution in [0.15, 0.2) is 16.4 Å². The van der Waals surface area contributed by atoms with E-state index in [2.05, 4.69) is 69.8 Å². The predicted octanol–water partition coefficient (Wildman–Crippen LogP) is 4.60. The van der Waals surface area contributed by atoms with Gasteiger partial charge >= 0.3 is 0 Å². The molecule has 0 amide bonds. The summed E-state index contributed by atoms with van der Waals surface area (Å²) < 4.78 is 11.6. The molecule has 0 saturated carbocycles. The second-order valence-corrected chi connectivity index (χ2v) is 14.3. The van der Waals surface area contributed by atoms with Gasteiger partial charge in [0.15, 0.2) is 8.32 Å². The first-order chi connectivity index (χ1) is 12.9. The number of hydrogen-bond acceptors (Lipinski definition) is 5. The number of allylic oxidation sites excluding steroid dienone is 1. The first-order valence-corrected chi connectivity index (χ1v) is 13.3. The molecule has 0 bridgehead atoms. The van der Waals surface area contributed by atoms with Gasteiger partial charge in [-0.05, 0) is 50.7 Å². The number of ether oxygens (including phenoxy) is 1. The van der Waals surface area contributed by atoms with Crippen LogP contribution in [0.1, 0.15) is 54.4 Å². The average molecular weight is 411 g/mol. The van der Waals surface area contributed by atoms with Crippen LogP contribution in [0.5, 0.6) is 0 Å². The summed E-state index contributed by atoms with van der Waals surface area (Å²) in [5.74, 6) is 0.555. The zero-order valence-electron chi connectivity index (χ0n) is 19.5.